The van der Waals surface area contributed by atoms with Crippen molar-refractivity contribution in [1.82, 2.24) is 0 Å². The molecule has 3 fully saturated rings. The van der Waals surface area contributed by atoms with Crippen LogP contribution in [0.4, 0.5) is 0 Å². The first-order valence-corrected chi connectivity index (χ1v) is 10.8. The Morgan fingerprint density at radius 1 is 1.20 bits per heavy atom. The van der Waals surface area contributed by atoms with Crippen molar-refractivity contribution in [2.75, 3.05) is 0 Å². The SMILES string of the molecule is CCCCC1CCC2C3CCC4=CC(=O)CCC4(C)C3C(O)CC12C. The molecule has 140 valence electrons. The molecule has 4 aliphatic rings. The van der Waals surface area contributed by atoms with Crippen LogP contribution in [-0.2, 0) is 4.79 Å². The number of carbonyl (C=O) groups is 1. The molecule has 0 bridgehead atoms. The molecule has 0 saturated heterocycles. The number of allylic oxidation sites excluding steroid dienone is 1. The van der Waals surface area contributed by atoms with Gasteiger partial charge in [-0.2, -0.15) is 0 Å². The van der Waals surface area contributed by atoms with Crippen molar-refractivity contribution < 1.29 is 9.90 Å². The number of carbonyl (C=O) groups excluding carboxylic acids is 1. The largest absolute Gasteiger partial charge is 0.393 e. The third-order valence-electron chi connectivity index (χ3n) is 9.00. The summed E-state index contributed by atoms with van der Waals surface area (Å²) < 4.78 is 0. The van der Waals surface area contributed by atoms with Crippen LogP contribution < -0.4 is 0 Å². The zero-order chi connectivity index (χ0) is 17.8. The molecule has 7 unspecified atom stereocenters. The molecule has 0 amide bonds. The molecule has 25 heavy (non-hydrogen) atoms. The molecule has 4 aliphatic carbocycles. The van der Waals surface area contributed by atoms with Crippen LogP contribution in [0.2, 0.25) is 0 Å². The summed E-state index contributed by atoms with van der Waals surface area (Å²) in [6, 6.07) is 0. The van der Waals surface area contributed by atoms with E-state index in [-0.39, 0.29) is 11.5 Å². The van der Waals surface area contributed by atoms with Gasteiger partial charge in [-0.05, 0) is 85.5 Å². The Morgan fingerprint density at radius 2 is 2.00 bits per heavy atom. The highest BCUT2D eigenvalue weighted by Crippen LogP contribution is 2.67. The predicted molar refractivity (Wildman–Crippen MR) is 101 cm³/mol. The van der Waals surface area contributed by atoms with Crippen LogP contribution in [0.1, 0.15) is 85.0 Å². The summed E-state index contributed by atoms with van der Waals surface area (Å²) in [6.07, 6.45) is 13.4. The van der Waals surface area contributed by atoms with Gasteiger partial charge in [-0.15, -0.1) is 0 Å². The number of rotatable bonds is 3. The Bertz CT molecular complexity index is 579. The summed E-state index contributed by atoms with van der Waals surface area (Å²) in [6.45, 7) is 7.15. The topological polar surface area (TPSA) is 37.3 Å². The molecular weight excluding hydrogens is 308 g/mol. The summed E-state index contributed by atoms with van der Waals surface area (Å²) in [5.74, 6) is 2.95. The van der Waals surface area contributed by atoms with Crippen LogP contribution in [0.15, 0.2) is 11.6 Å². The van der Waals surface area contributed by atoms with E-state index >= 15 is 0 Å². The lowest BCUT2D eigenvalue weighted by atomic mass is 9.46. The molecule has 7 atom stereocenters. The third-order valence-corrected chi connectivity index (χ3v) is 9.00. The van der Waals surface area contributed by atoms with Crippen molar-refractivity contribution in [3.05, 3.63) is 11.6 Å². The van der Waals surface area contributed by atoms with Gasteiger partial charge in [0.1, 0.15) is 0 Å². The van der Waals surface area contributed by atoms with Gasteiger partial charge in [0.05, 0.1) is 6.10 Å². The second-order valence-electron chi connectivity index (χ2n) is 10.1. The Balaban J connectivity index is 1.64. The van der Waals surface area contributed by atoms with Crippen LogP contribution in [0.3, 0.4) is 0 Å². The number of hydrogen-bond donors (Lipinski definition) is 1. The Labute approximate surface area is 153 Å². The lowest BCUT2D eigenvalue weighted by Crippen LogP contribution is -2.56. The maximum absolute atomic E-state index is 11.9. The normalized spacial score (nSPS) is 49.2. The van der Waals surface area contributed by atoms with Gasteiger partial charge in [0.25, 0.3) is 0 Å². The van der Waals surface area contributed by atoms with E-state index in [0.29, 0.717) is 29.5 Å². The second-order valence-corrected chi connectivity index (χ2v) is 10.1. The van der Waals surface area contributed by atoms with E-state index in [9.17, 15) is 9.90 Å². The fourth-order valence-electron chi connectivity index (χ4n) is 7.72. The lowest BCUT2D eigenvalue weighted by Gasteiger charge is -2.60. The van der Waals surface area contributed by atoms with E-state index in [1.807, 2.05) is 6.08 Å². The fourth-order valence-corrected chi connectivity index (χ4v) is 7.72. The molecule has 0 aromatic carbocycles. The average molecular weight is 345 g/mol. The van der Waals surface area contributed by atoms with Crippen LogP contribution in [-0.4, -0.2) is 17.0 Å². The number of ketones is 1. The third kappa shape index (κ3) is 2.58. The van der Waals surface area contributed by atoms with Crippen molar-refractivity contribution in [2.45, 2.75) is 91.1 Å². The van der Waals surface area contributed by atoms with E-state index in [1.165, 1.54) is 44.1 Å². The highest BCUT2D eigenvalue weighted by molar-refractivity contribution is 5.91. The molecule has 2 heteroatoms. The molecular formula is C23H36O2. The minimum absolute atomic E-state index is 0.0685. The van der Waals surface area contributed by atoms with E-state index in [4.69, 9.17) is 0 Å². The summed E-state index contributed by atoms with van der Waals surface area (Å²) >= 11 is 0. The molecule has 1 N–H and O–H groups in total. The van der Waals surface area contributed by atoms with Gasteiger partial charge < -0.3 is 5.11 Å². The van der Waals surface area contributed by atoms with Crippen molar-refractivity contribution in [1.29, 1.82) is 0 Å². The van der Waals surface area contributed by atoms with Gasteiger partial charge in [-0.25, -0.2) is 0 Å². The van der Waals surface area contributed by atoms with Crippen LogP contribution in [0.25, 0.3) is 0 Å². The van der Waals surface area contributed by atoms with Crippen LogP contribution in [0.5, 0.6) is 0 Å². The van der Waals surface area contributed by atoms with Gasteiger partial charge in [-0.1, -0.05) is 39.2 Å². The standard InChI is InChI=1S/C23H36O2/c1-4-5-6-15-8-10-19-18-9-7-16-13-17(24)11-12-22(16,2)21(18)20(25)14-23(15,19)3/h13,15,18-21,25H,4-12,14H2,1-3H3. The van der Waals surface area contributed by atoms with Gasteiger partial charge in [0.2, 0.25) is 0 Å². The number of unbranched alkanes of at least 4 members (excludes halogenated alkanes) is 1. The van der Waals surface area contributed by atoms with Crippen molar-refractivity contribution in [2.24, 2.45) is 34.5 Å². The molecule has 2 nitrogen and oxygen atoms in total. The monoisotopic (exact) mass is 344 g/mol. The summed E-state index contributed by atoms with van der Waals surface area (Å²) in [5, 5.41) is 11.3. The van der Waals surface area contributed by atoms with Gasteiger partial charge in [-0.3, -0.25) is 4.79 Å². The van der Waals surface area contributed by atoms with E-state index in [1.54, 1.807) is 0 Å². The molecule has 0 heterocycles. The highest BCUT2D eigenvalue weighted by Gasteiger charge is 2.61. The fraction of sp³-hybridized carbons (Fsp3) is 0.870. The van der Waals surface area contributed by atoms with Gasteiger partial charge in [0, 0.05) is 6.42 Å². The van der Waals surface area contributed by atoms with Crippen LogP contribution in [0, 0.1) is 34.5 Å². The Morgan fingerprint density at radius 3 is 2.76 bits per heavy atom. The average Bonchev–Trinajstić information content (AvgIpc) is 2.89. The Hall–Kier alpha value is -0.630. The number of aliphatic hydroxyl groups is 1. The zero-order valence-electron chi connectivity index (χ0n) is 16.4. The van der Waals surface area contributed by atoms with Crippen molar-refractivity contribution >= 4 is 5.78 Å². The molecule has 4 rings (SSSR count). The van der Waals surface area contributed by atoms with Gasteiger partial charge >= 0.3 is 0 Å². The summed E-state index contributed by atoms with van der Waals surface area (Å²) in [5.41, 5.74) is 1.77. The maximum atomic E-state index is 11.9. The molecule has 0 aromatic rings. The van der Waals surface area contributed by atoms with Crippen molar-refractivity contribution in [3.8, 4) is 0 Å². The molecule has 0 aliphatic heterocycles. The van der Waals surface area contributed by atoms with E-state index in [0.717, 1.165) is 31.1 Å². The first kappa shape index (κ1) is 17.8. The minimum Gasteiger partial charge on any atom is -0.393 e. The minimum atomic E-state index is -0.185. The highest BCUT2D eigenvalue weighted by atomic mass is 16.3. The summed E-state index contributed by atoms with van der Waals surface area (Å²) in [7, 11) is 0. The number of hydrogen-bond acceptors (Lipinski definition) is 2. The molecule has 0 radical (unpaired) electrons. The smallest absolute Gasteiger partial charge is 0.155 e. The lowest BCUT2D eigenvalue weighted by molar-refractivity contribution is -0.134. The first-order chi connectivity index (χ1) is 11.9. The van der Waals surface area contributed by atoms with Crippen LogP contribution >= 0.6 is 0 Å². The van der Waals surface area contributed by atoms with E-state index < -0.39 is 0 Å². The predicted octanol–water partition coefficient (Wildman–Crippen LogP) is 5.30. The molecule has 0 aromatic heterocycles. The molecule has 3 saturated carbocycles. The Kier molecular flexibility index (Phi) is 4.42. The quantitative estimate of drug-likeness (QED) is 0.755. The summed E-state index contributed by atoms with van der Waals surface area (Å²) in [4.78, 5) is 11.9. The molecule has 0 spiro atoms. The number of fused-ring (bicyclic) bond motifs is 5. The zero-order valence-corrected chi connectivity index (χ0v) is 16.4. The second kappa shape index (κ2) is 6.22. The van der Waals surface area contributed by atoms with E-state index in [2.05, 4.69) is 20.8 Å². The number of aliphatic hydroxyl groups excluding tert-OH is 1. The van der Waals surface area contributed by atoms with Gasteiger partial charge in [0.15, 0.2) is 5.78 Å². The first-order valence-electron chi connectivity index (χ1n) is 10.8. The van der Waals surface area contributed by atoms with Crippen molar-refractivity contribution in [3.63, 3.8) is 0 Å². The maximum Gasteiger partial charge on any atom is 0.155 e.